The largest absolute Gasteiger partial charge is 0.326 e. The molecule has 0 aliphatic rings. The lowest BCUT2D eigenvalue weighted by Gasteiger charge is -2.00. The van der Waals surface area contributed by atoms with Crippen molar-refractivity contribution in [3.05, 3.63) is 34.8 Å². The van der Waals surface area contributed by atoms with E-state index in [9.17, 15) is 4.79 Å². The number of rotatable bonds is 1. The second-order valence-corrected chi connectivity index (χ2v) is 3.30. The number of anilines is 1. The predicted octanol–water partition coefficient (Wildman–Crippen LogP) is 2.06. The monoisotopic (exact) mass is 260 g/mol. The van der Waals surface area contributed by atoms with Gasteiger partial charge in [-0.25, -0.2) is 0 Å². The standard InChI is InChI=1S/C8H7INO/c1-6(11)10-8-4-2-3-7(9)5-8/h2-5H,1H2,(H,10,11). The van der Waals surface area contributed by atoms with E-state index >= 15 is 0 Å². The fraction of sp³-hybridized carbons (Fsp3) is 0. The predicted molar refractivity (Wildman–Crippen MR) is 53.1 cm³/mol. The molecule has 57 valence electrons. The van der Waals surface area contributed by atoms with Crippen molar-refractivity contribution in [2.45, 2.75) is 0 Å². The maximum Gasteiger partial charge on any atom is 0.224 e. The Bertz CT molecular complexity index is 273. The van der Waals surface area contributed by atoms with Crippen molar-refractivity contribution in [2.24, 2.45) is 0 Å². The van der Waals surface area contributed by atoms with Gasteiger partial charge in [0, 0.05) is 16.2 Å². The molecule has 0 aliphatic carbocycles. The number of nitrogens with one attached hydrogen (secondary N) is 1. The number of amides is 1. The fourth-order valence-corrected chi connectivity index (χ4v) is 1.27. The number of carbonyl (C=O) groups excluding carboxylic acids is 1. The summed E-state index contributed by atoms with van der Waals surface area (Å²) in [7, 11) is 0. The molecule has 0 aromatic heterocycles. The molecular formula is C8H7INO. The van der Waals surface area contributed by atoms with Crippen LogP contribution in [0.1, 0.15) is 0 Å². The highest BCUT2D eigenvalue weighted by molar-refractivity contribution is 14.1. The molecule has 0 aliphatic heterocycles. The van der Waals surface area contributed by atoms with Crippen LogP contribution >= 0.6 is 22.6 Å². The van der Waals surface area contributed by atoms with E-state index in [2.05, 4.69) is 34.8 Å². The second kappa shape index (κ2) is 3.71. The Morgan fingerprint density at radius 2 is 2.27 bits per heavy atom. The third kappa shape index (κ3) is 2.88. The smallest absolute Gasteiger partial charge is 0.224 e. The molecular weight excluding hydrogens is 253 g/mol. The van der Waals surface area contributed by atoms with Crippen LogP contribution in [0.5, 0.6) is 0 Å². The Morgan fingerprint density at radius 3 is 2.82 bits per heavy atom. The van der Waals surface area contributed by atoms with Gasteiger partial charge >= 0.3 is 0 Å². The van der Waals surface area contributed by atoms with Crippen molar-refractivity contribution in [1.82, 2.24) is 0 Å². The molecule has 0 heterocycles. The highest BCUT2D eigenvalue weighted by Gasteiger charge is 1.94. The molecule has 1 aromatic rings. The van der Waals surface area contributed by atoms with Crippen LogP contribution in [0.15, 0.2) is 24.3 Å². The van der Waals surface area contributed by atoms with Gasteiger partial charge in [0.2, 0.25) is 5.91 Å². The lowest BCUT2D eigenvalue weighted by atomic mass is 10.3. The fourth-order valence-electron chi connectivity index (χ4n) is 0.727. The lowest BCUT2D eigenvalue weighted by molar-refractivity contribution is -0.112. The molecule has 1 radical (unpaired) electrons. The molecule has 2 nitrogen and oxygen atoms in total. The molecule has 0 saturated heterocycles. The first kappa shape index (κ1) is 8.52. The molecule has 0 unspecified atom stereocenters. The van der Waals surface area contributed by atoms with E-state index in [1.54, 1.807) is 0 Å². The summed E-state index contributed by atoms with van der Waals surface area (Å²) in [5, 5.41) is 2.59. The van der Waals surface area contributed by atoms with E-state index in [0.717, 1.165) is 9.26 Å². The molecule has 0 saturated carbocycles. The van der Waals surface area contributed by atoms with Crippen molar-refractivity contribution >= 4 is 34.2 Å². The highest BCUT2D eigenvalue weighted by atomic mass is 127. The average Bonchev–Trinajstić information content (AvgIpc) is 1.85. The normalized spacial score (nSPS) is 9.27. The van der Waals surface area contributed by atoms with Crippen molar-refractivity contribution in [2.75, 3.05) is 5.32 Å². The van der Waals surface area contributed by atoms with Crippen LogP contribution in [0, 0.1) is 10.5 Å². The number of halogens is 1. The van der Waals surface area contributed by atoms with Crippen LogP contribution < -0.4 is 5.32 Å². The average molecular weight is 260 g/mol. The van der Waals surface area contributed by atoms with E-state index in [4.69, 9.17) is 0 Å². The zero-order valence-corrected chi connectivity index (χ0v) is 7.96. The van der Waals surface area contributed by atoms with Gasteiger partial charge in [0.15, 0.2) is 0 Å². The number of benzene rings is 1. The van der Waals surface area contributed by atoms with Crippen molar-refractivity contribution in [3.63, 3.8) is 0 Å². The van der Waals surface area contributed by atoms with Gasteiger partial charge < -0.3 is 5.32 Å². The third-order valence-electron chi connectivity index (χ3n) is 1.11. The number of carbonyl (C=O) groups is 1. The Kier molecular flexibility index (Phi) is 2.87. The number of hydrogen-bond acceptors (Lipinski definition) is 1. The third-order valence-corrected chi connectivity index (χ3v) is 1.78. The van der Waals surface area contributed by atoms with Crippen molar-refractivity contribution in [3.8, 4) is 0 Å². The van der Waals surface area contributed by atoms with Gasteiger partial charge in [-0.1, -0.05) is 6.07 Å². The maximum atomic E-state index is 10.5. The van der Waals surface area contributed by atoms with Gasteiger partial charge in [0.25, 0.3) is 0 Å². The molecule has 0 spiro atoms. The van der Waals surface area contributed by atoms with Crippen LogP contribution in [-0.2, 0) is 4.79 Å². The molecule has 0 bridgehead atoms. The summed E-state index contributed by atoms with van der Waals surface area (Å²) < 4.78 is 1.09. The molecule has 3 heteroatoms. The van der Waals surface area contributed by atoms with E-state index in [0.29, 0.717) is 0 Å². The second-order valence-electron chi connectivity index (χ2n) is 2.06. The summed E-state index contributed by atoms with van der Waals surface area (Å²) in [5.41, 5.74) is 0.789. The SMILES string of the molecule is [CH2]C(=O)Nc1cccc(I)c1. The Labute approximate surface area is 79.1 Å². The molecule has 1 amide bonds. The van der Waals surface area contributed by atoms with Gasteiger partial charge in [0.05, 0.1) is 0 Å². The summed E-state index contributed by atoms with van der Waals surface area (Å²) in [5.74, 6) is -0.285. The van der Waals surface area contributed by atoms with Crippen LogP contribution in [0.4, 0.5) is 5.69 Å². The summed E-state index contributed by atoms with van der Waals surface area (Å²) in [6.45, 7) is 3.21. The van der Waals surface area contributed by atoms with E-state index in [1.165, 1.54) is 0 Å². The minimum Gasteiger partial charge on any atom is -0.326 e. The zero-order chi connectivity index (χ0) is 8.27. The summed E-state index contributed by atoms with van der Waals surface area (Å²) >= 11 is 2.18. The summed E-state index contributed by atoms with van der Waals surface area (Å²) in [6, 6.07) is 7.54. The molecule has 0 fully saturated rings. The first-order valence-corrected chi connectivity index (χ1v) is 4.15. The molecule has 0 atom stereocenters. The Hall–Kier alpha value is -0.580. The van der Waals surface area contributed by atoms with Crippen LogP contribution in [0.3, 0.4) is 0 Å². The summed E-state index contributed by atoms with van der Waals surface area (Å²) in [6.07, 6.45) is 0. The first-order valence-electron chi connectivity index (χ1n) is 3.07. The minimum atomic E-state index is -0.285. The molecule has 1 N–H and O–H groups in total. The topological polar surface area (TPSA) is 29.1 Å². The van der Waals surface area contributed by atoms with E-state index in [-0.39, 0.29) is 5.91 Å². The molecule has 1 aromatic carbocycles. The van der Waals surface area contributed by atoms with Gasteiger partial charge in [-0.2, -0.15) is 0 Å². The quantitative estimate of drug-likeness (QED) is 0.769. The lowest BCUT2D eigenvalue weighted by Crippen LogP contribution is -2.05. The van der Waals surface area contributed by atoms with E-state index < -0.39 is 0 Å². The summed E-state index contributed by atoms with van der Waals surface area (Å²) in [4.78, 5) is 10.5. The van der Waals surface area contributed by atoms with E-state index in [1.807, 2.05) is 24.3 Å². The van der Waals surface area contributed by atoms with Crippen LogP contribution in [-0.4, -0.2) is 5.91 Å². The Morgan fingerprint density at radius 1 is 1.55 bits per heavy atom. The zero-order valence-electron chi connectivity index (χ0n) is 5.80. The van der Waals surface area contributed by atoms with Gasteiger partial charge in [0.1, 0.15) is 0 Å². The van der Waals surface area contributed by atoms with Gasteiger partial charge in [-0.15, -0.1) is 0 Å². The molecule has 11 heavy (non-hydrogen) atoms. The van der Waals surface area contributed by atoms with Crippen molar-refractivity contribution in [1.29, 1.82) is 0 Å². The Balaban J connectivity index is 2.79. The maximum absolute atomic E-state index is 10.5. The highest BCUT2D eigenvalue weighted by Crippen LogP contribution is 2.11. The van der Waals surface area contributed by atoms with Crippen molar-refractivity contribution < 1.29 is 4.79 Å². The van der Waals surface area contributed by atoms with Gasteiger partial charge in [-0.05, 0) is 40.8 Å². The minimum absolute atomic E-state index is 0.285. The van der Waals surface area contributed by atoms with Crippen LogP contribution in [0.25, 0.3) is 0 Å². The number of hydrogen-bond donors (Lipinski definition) is 1. The van der Waals surface area contributed by atoms with Crippen LogP contribution in [0.2, 0.25) is 0 Å². The molecule has 1 rings (SSSR count). The first-order chi connectivity index (χ1) is 5.18. The van der Waals surface area contributed by atoms with Gasteiger partial charge in [-0.3, -0.25) is 4.79 Å².